The quantitative estimate of drug-likeness (QED) is 0.694. The van der Waals surface area contributed by atoms with E-state index in [1.54, 1.807) is 18.2 Å². The third-order valence-corrected chi connectivity index (χ3v) is 3.87. The van der Waals surface area contributed by atoms with Crippen LogP contribution in [-0.4, -0.2) is 4.99 Å². The molecular formula is C13H8Br2F2N2S. The van der Waals surface area contributed by atoms with E-state index >= 15 is 0 Å². The average Bonchev–Trinajstić information content (AvgIpc) is 2.34. The van der Waals surface area contributed by atoms with Gasteiger partial charge in [0.25, 0.3) is 0 Å². The third kappa shape index (κ3) is 3.34. The lowest BCUT2D eigenvalue weighted by Gasteiger charge is -2.12. The second-order valence-corrected chi connectivity index (χ2v) is 6.14. The van der Waals surface area contributed by atoms with E-state index in [1.165, 1.54) is 12.1 Å². The molecule has 0 unspecified atom stereocenters. The van der Waals surface area contributed by atoms with E-state index in [9.17, 15) is 8.78 Å². The Labute approximate surface area is 136 Å². The van der Waals surface area contributed by atoms with Gasteiger partial charge in [-0.3, -0.25) is 0 Å². The molecule has 0 saturated heterocycles. The molecule has 0 radical (unpaired) electrons. The van der Waals surface area contributed by atoms with Gasteiger partial charge in [0.05, 0.1) is 5.69 Å². The zero-order valence-electron chi connectivity index (χ0n) is 9.88. The van der Waals surface area contributed by atoms with Gasteiger partial charge in [-0.05, 0) is 46.3 Å². The van der Waals surface area contributed by atoms with Gasteiger partial charge < -0.3 is 11.1 Å². The lowest BCUT2D eigenvalue weighted by atomic mass is 10.2. The van der Waals surface area contributed by atoms with E-state index in [2.05, 4.69) is 37.2 Å². The van der Waals surface area contributed by atoms with Gasteiger partial charge in [-0.25, -0.2) is 8.78 Å². The highest BCUT2D eigenvalue weighted by Crippen LogP contribution is 2.31. The van der Waals surface area contributed by atoms with E-state index in [4.69, 9.17) is 18.0 Å². The van der Waals surface area contributed by atoms with Gasteiger partial charge in [0.1, 0.15) is 10.7 Å². The number of anilines is 2. The Hall–Kier alpha value is -1.05. The van der Waals surface area contributed by atoms with Crippen molar-refractivity contribution in [2.24, 2.45) is 5.73 Å². The number of benzene rings is 2. The van der Waals surface area contributed by atoms with Crippen LogP contribution < -0.4 is 11.1 Å². The van der Waals surface area contributed by atoms with Crippen LogP contribution in [0.5, 0.6) is 0 Å². The minimum absolute atomic E-state index is 0.225. The summed E-state index contributed by atoms with van der Waals surface area (Å²) >= 11 is 11.2. The summed E-state index contributed by atoms with van der Waals surface area (Å²) in [6.45, 7) is 0. The molecule has 0 amide bonds. The van der Waals surface area contributed by atoms with Crippen molar-refractivity contribution < 1.29 is 8.78 Å². The minimum Gasteiger partial charge on any atom is -0.389 e. The molecule has 7 heteroatoms. The van der Waals surface area contributed by atoms with Gasteiger partial charge in [0.2, 0.25) is 0 Å². The monoisotopic (exact) mass is 420 g/mol. The smallest absolute Gasteiger partial charge is 0.150 e. The molecule has 0 atom stereocenters. The second-order valence-electron chi connectivity index (χ2n) is 3.93. The number of hydrogen-bond donors (Lipinski definition) is 2. The predicted octanol–water partition coefficient (Wildman–Crippen LogP) is 4.87. The highest BCUT2D eigenvalue weighted by atomic mass is 79.9. The van der Waals surface area contributed by atoms with Crippen LogP contribution in [0, 0.1) is 11.6 Å². The van der Waals surface area contributed by atoms with Crippen molar-refractivity contribution in [3.05, 3.63) is 56.5 Å². The molecule has 0 bridgehead atoms. The van der Waals surface area contributed by atoms with E-state index in [-0.39, 0.29) is 10.7 Å². The van der Waals surface area contributed by atoms with Crippen LogP contribution in [0.2, 0.25) is 0 Å². The van der Waals surface area contributed by atoms with Crippen molar-refractivity contribution in [1.29, 1.82) is 0 Å². The first-order valence-electron chi connectivity index (χ1n) is 5.39. The number of nitrogens with one attached hydrogen (secondary N) is 1. The van der Waals surface area contributed by atoms with Gasteiger partial charge in [-0.15, -0.1) is 0 Å². The Kier molecular flexibility index (Phi) is 4.72. The average molecular weight is 422 g/mol. The standard InChI is InChI=1S/C13H8Br2F2N2S/c14-7-4-9(16)12(10(17)5-7)19-11-2-1-6(13(18)20)3-8(11)15/h1-5,19H,(H2,18,20). The summed E-state index contributed by atoms with van der Waals surface area (Å²) in [6.07, 6.45) is 0. The van der Waals surface area contributed by atoms with Crippen LogP contribution in [0.4, 0.5) is 20.2 Å². The first-order valence-corrected chi connectivity index (χ1v) is 7.39. The summed E-state index contributed by atoms with van der Waals surface area (Å²) in [4.78, 5) is 0.248. The highest BCUT2D eigenvalue weighted by Gasteiger charge is 2.12. The fraction of sp³-hybridized carbons (Fsp3) is 0. The summed E-state index contributed by atoms with van der Waals surface area (Å²) in [5, 5.41) is 2.70. The van der Waals surface area contributed by atoms with E-state index in [1.807, 2.05) is 0 Å². The van der Waals surface area contributed by atoms with Crippen LogP contribution in [0.1, 0.15) is 5.56 Å². The first-order chi connectivity index (χ1) is 9.38. The second kappa shape index (κ2) is 6.15. The molecule has 0 fully saturated rings. The largest absolute Gasteiger partial charge is 0.389 e. The van der Waals surface area contributed by atoms with E-state index < -0.39 is 11.6 Å². The zero-order valence-corrected chi connectivity index (χ0v) is 13.9. The summed E-state index contributed by atoms with van der Waals surface area (Å²) < 4.78 is 28.4. The van der Waals surface area contributed by atoms with Crippen LogP contribution in [-0.2, 0) is 0 Å². The van der Waals surface area contributed by atoms with Crippen molar-refractivity contribution in [2.75, 3.05) is 5.32 Å². The van der Waals surface area contributed by atoms with Crippen molar-refractivity contribution in [1.82, 2.24) is 0 Å². The van der Waals surface area contributed by atoms with Gasteiger partial charge in [-0.1, -0.05) is 28.1 Å². The van der Waals surface area contributed by atoms with E-state index in [0.717, 1.165) is 0 Å². The van der Waals surface area contributed by atoms with Crippen molar-refractivity contribution >= 4 is 60.4 Å². The van der Waals surface area contributed by atoms with Crippen LogP contribution in [0.3, 0.4) is 0 Å². The van der Waals surface area contributed by atoms with Crippen molar-refractivity contribution in [3.63, 3.8) is 0 Å². The number of thiocarbonyl (C=S) groups is 1. The Morgan fingerprint density at radius 3 is 2.20 bits per heavy atom. The molecule has 2 aromatic rings. The van der Waals surface area contributed by atoms with Crippen LogP contribution in [0.25, 0.3) is 0 Å². The molecule has 3 N–H and O–H groups in total. The van der Waals surface area contributed by atoms with E-state index in [0.29, 0.717) is 20.2 Å². The summed E-state index contributed by atoms with van der Waals surface area (Å²) in [7, 11) is 0. The van der Waals surface area contributed by atoms with Crippen LogP contribution in [0.15, 0.2) is 39.3 Å². The van der Waals surface area contributed by atoms with Gasteiger partial charge in [0, 0.05) is 14.5 Å². The summed E-state index contributed by atoms with van der Waals surface area (Å²) in [5.41, 5.74) is 6.46. The maximum absolute atomic E-state index is 13.7. The lowest BCUT2D eigenvalue weighted by molar-refractivity contribution is 0.589. The fourth-order valence-corrected chi connectivity index (χ4v) is 2.57. The molecule has 104 valence electrons. The van der Waals surface area contributed by atoms with Gasteiger partial charge in [0.15, 0.2) is 11.6 Å². The molecule has 0 spiro atoms. The molecule has 0 aliphatic heterocycles. The van der Waals surface area contributed by atoms with Gasteiger partial charge in [-0.2, -0.15) is 0 Å². The Bertz CT molecular complexity index is 669. The zero-order chi connectivity index (χ0) is 14.9. The normalized spacial score (nSPS) is 10.4. The minimum atomic E-state index is -0.692. The van der Waals surface area contributed by atoms with Crippen molar-refractivity contribution in [2.45, 2.75) is 0 Å². The summed E-state index contributed by atoms with van der Waals surface area (Å²) in [6, 6.07) is 7.36. The molecule has 2 aromatic carbocycles. The third-order valence-electron chi connectivity index (χ3n) is 2.52. The molecule has 2 rings (SSSR count). The number of nitrogens with two attached hydrogens (primary N) is 1. The Morgan fingerprint density at radius 1 is 1.10 bits per heavy atom. The first kappa shape index (κ1) is 15.3. The highest BCUT2D eigenvalue weighted by molar-refractivity contribution is 9.10. The molecule has 2 nitrogen and oxygen atoms in total. The number of rotatable bonds is 3. The lowest BCUT2D eigenvalue weighted by Crippen LogP contribution is -2.09. The molecule has 0 heterocycles. The Balaban J connectivity index is 2.38. The maximum Gasteiger partial charge on any atom is 0.150 e. The SMILES string of the molecule is NC(=S)c1ccc(Nc2c(F)cc(Br)cc2F)c(Br)c1. The van der Waals surface area contributed by atoms with Crippen molar-refractivity contribution in [3.8, 4) is 0 Å². The molecule has 20 heavy (non-hydrogen) atoms. The topological polar surface area (TPSA) is 38.0 Å². The molecule has 0 saturated carbocycles. The number of hydrogen-bond acceptors (Lipinski definition) is 2. The Morgan fingerprint density at radius 2 is 1.70 bits per heavy atom. The number of halogens is 4. The molecule has 0 aromatic heterocycles. The predicted molar refractivity (Wildman–Crippen MR) is 87.4 cm³/mol. The molecule has 0 aliphatic carbocycles. The van der Waals surface area contributed by atoms with Gasteiger partial charge >= 0.3 is 0 Å². The van der Waals surface area contributed by atoms with Crippen LogP contribution >= 0.6 is 44.1 Å². The summed E-state index contributed by atoms with van der Waals surface area (Å²) in [5.74, 6) is -1.38. The molecular weight excluding hydrogens is 414 g/mol. The maximum atomic E-state index is 13.7. The fourth-order valence-electron chi connectivity index (χ4n) is 1.57. The molecule has 0 aliphatic rings.